The second kappa shape index (κ2) is 6.62. The minimum Gasteiger partial charge on any atom is -0.389 e. The summed E-state index contributed by atoms with van der Waals surface area (Å²) in [6.07, 6.45) is 3.31. The van der Waals surface area contributed by atoms with Gasteiger partial charge in [-0.25, -0.2) is 4.79 Å². The number of aliphatic hydroxyl groups is 1. The molecule has 2 amide bonds. The Morgan fingerprint density at radius 3 is 2.59 bits per heavy atom. The van der Waals surface area contributed by atoms with Gasteiger partial charge in [0.05, 0.1) is 24.0 Å². The van der Waals surface area contributed by atoms with Gasteiger partial charge < -0.3 is 15.3 Å². The second-order valence-corrected chi connectivity index (χ2v) is 5.99. The van der Waals surface area contributed by atoms with Crippen LogP contribution < -0.4 is 5.32 Å². The molecule has 0 saturated heterocycles. The SMILES string of the molecule is Cn1cc(NC(=O)N(Cc2ccccc2)CC(C)(C)O)cn1. The van der Waals surface area contributed by atoms with E-state index in [1.807, 2.05) is 30.3 Å². The standard InChI is InChI=1S/C16H22N4O2/c1-16(2,22)12-20(10-13-7-5-4-6-8-13)15(21)18-14-9-17-19(3)11-14/h4-9,11,22H,10,12H2,1-3H3,(H,18,21). The van der Waals surface area contributed by atoms with E-state index < -0.39 is 5.60 Å². The number of aromatic nitrogens is 2. The van der Waals surface area contributed by atoms with Crippen LogP contribution in [0.3, 0.4) is 0 Å². The van der Waals surface area contributed by atoms with Crippen LogP contribution in [0.15, 0.2) is 42.7 Å². The van der Waals surface area contributed by atoms with Gasteiger partial charge in [0.25, 0.3) is 0 Å². The molecule has 22 heavy (non-hydrogen) atoms. The molecule has 0 saturated carbocycles. The Bertz CT molecular complexity index is 617. The Morgan fingerprint density at radius 1 is 1.36 bits per heavy atom. The highest BCUT2D eigenvalue weighted by Gasteiger charge is 2.23. The molecule has 1 heterocycles. The number of anilines is 1. The predicted octanol–water partition coefficient (Wildman–Crippen LogP) is 2.23. The summed E-state index contributed by atoms with van der Waals surface area (Å²) in [5.74, 6) is 0. The summed E-state index contributed by atoms with van der Waals surface area (Å²) in [4.78, 5) is 14.1. The van der Waals surface area contributed by atoms with E-state index in [2.05, 4.69) is 10.4 Å². The lowest BCUT2D eigenvalue weighted by atomic mass is 10.1. The average Bonchev–Trinajstić information content (AvgIpc) is 2.83. The fourth-order valence-electron chi connectivity index (χ4n) is 2.16. The molecule has 1 aromatic heterocycles. The lowest BCUT2D eigenvalue weighted by molar-refractivity contribution is 0.0469. The zero-order valence-corrected chi connectivity index (χ0v) is 13.2. The second-order valence-electron chi connectivity index (χ2n) is 5.99. The molecule has 0 bridgehead atoms. The molecule has 0 aliphatic heterocycles. The Kier molecular flexibility index (Phi) is 4.82. The topological polar surface area (TPSA) is 70.4 Å². The van der Waals surface area contributed by atoms with Crippen molar-refractivity contribution in [1.29, 1.82) is 0 Å². The minimum atomic E-state index is -0.971. The maximum Gasteiger partial charge on any atom is 0.322 e. The fraction of sp³-hybridized carbons (Fsp3) is 0.375. The minimum absolute atomic E-state index is 0.230. The quantitative estimate of drug-likeness (QED) is 0.889. The molecule has 118 valence electrons. The first-order valence-electron chi connectivity index (χ1n) is 7.14. The van der Waals surface area contributed by atoms with Gasteiger partial charge in [-0.1, -0.05) is 30.3 Å². The Labute approximate surface area is 130 Å². The monoisotopic (exact) mass is 302 g/mol. The van der Waals surface area contributed by atoms with Crippen molar-refractivity contribution < 1.29 is 9.90 Å². The van der Waals surface area contributed by atoms with Crippen molar-refractivity contribution in [3.05, 3.63) is 48.3 Å². The van der Waals surface area contributed by atoms with E-state index in [0.717, 1.165) is 5.56 Å². The first-order chi connectivity index (χ1) is 10.3. The molecule has 0 radical (unpaired) electrons. The van der Waals surface area contributed by atoms with Crippen molar-refractivity contribution >= 4 is 11.7 Å². The average molecular weight is 302 g/mol. The first kappa shape index (κ1) is 16.0. The predicted molar refractivity (Wildman–Crippen MR) is 85.4 cm³/mol. The lowest BCUT2D eigenvalue weighted by Crippen LogP contribution is -2.43. The highest BCUT2D eigenvalue weighted by Crippen LogP contribution is 2.13. The van der Waals surface area contributed by atoms with Crippen LogP contribution in [-0.4, -0.2) is 38.0 Å². The van der Waals surface area contributed by atoms with E-state index in [9.17, 15) is 9.90 Å². The zero-order valence-electron chi connectivity index (χ0n) is 13.2. The van der Waals surface area contributed by atoms with E-state index in [1.54, 1.807) is 42.9 Å². The summed E-state index contributed by atoms with van der Waals surface area (Å²) in [6.45, 7) is 4.02. The van der Waals surface area contributed by atoms with Crippen molar-refractivity contribution in [1.82, 2.24) is 14.7 Å². The van der Waals surface area contributed by atoms with Crippen molar-refractivity contribution in [3.63, 3.8) is 0 Å². The van der Waals surface area contributed by atoms with Gasteiger partial charge in [0.1, 0.15) is 0 Å². The number of amides is 2. The van der Waals surface area contributed by atoms with E-state index in [0.29, 0.717) is 12.2 Å². The Balaban J connectivity index is 2.10. The molecule has 6 heteroatoms. The number of carbonyl (C=O) groups is 1. The van der Waals surface area contributed by atoms with Gasteiger partial charge in [-0.15, -0.1) is 0 Å². The van der Waals surface area contributed by atoms with Gasteiger partial charge in [0.2, 0.25) is 0 Å². The van der Waals surface area contributed by atoms with E-state index in [-0.39, 0.29) is 12.6 Å². The number of hydrogen-bond donors (Lipinski definition) is 2. The number of nitrogens with zero attached hydrogens (tertiary/aromatic N) is 3. The fourth-order valence-corrected chi connectivity index (χ4v) is 2.16. The Morgan fingerprint density at radius 2 is 2.05 bits per heavy atom. The van der Waals surface area contributed by atoms with E-state index in [1.165, 1.54) is 0 Å². The number of aryl methyl sites for hydroxylation is 1. The van der Waals surface area contributed by atoms with Crippen molar-refractivity contribution in [2.24, 2.45) is 7.05 Å². The molecule has 1 aromatic carbocycles. The van der Waals surface area contributed by atoms with Crippen LogP contribution in [0, 0.1) is 0 Å². The number of nitrogens with one attached hydrogen (secondary N) is 1. The van der Waals surface area contributed by atoms with Crippen LogP contribution in [0.25, 0.3) is 0 Å². The number of rotatable bonds is 5. The molecule has 2 rings (SSSR count). The summed E-state index contributed by atoms with van der Waals surface area (Å²) >= 11 is 0. The highest BCUT2D eigenvalue weighted by molar-refractivity contribution is 5.89. The summed E-state index contributed by atoms with van der Waals surface area (Å²) in [5, 5.41) is 16.9. The molecule has 0 aliphatic carbocycles. The van der Waals surface area contributed by atoms with Crippen molar-refractivity contribution in [3.8, 4) is 0 Å². The first-order valence-corrected chi connectivity index (χ1v) is 7.14. The summed E-state index contributed by atoms with van der Waals surface area (Å²) in [7, 11) is 1.79. The van der Waals surface area contributed by atoms with Crippen molar-refractivity contribution in [2.45, 2.75) is 26.0 Å². The van der Waals surface area contributed by atoms with Gasteiger partial charge in [-0.05, 0) is 19.4 Å². The smallest absolute Gasteiger partial charge is 0.322 e. The number of hydrogen-bond acceptors (Lipinski definition) is 3. The van der Waals surface area contributed by atoms with Gasteiger partial charge in [0, 0.05) is 19.8 Å². The third-order valence-electron chi connectivity index (χ3n) is 3.04. The number of urea groups is 1. The normalized spacial score (nSPS) is 11.3. The number of carbonyl (C=O) groups excluding carboxylic acids is 1. The van der Waals surface area contributed by atoms with Crippen LogP contribution in [0.2, 0.25) is 0 Å². The van der Waals surface area contributed by atoms with Crippen LogP contribution in [0.4, 0.5) is 10.5 Å². The van der Waals surface area contributed by atoms with Crippen molar-refractivity contribution in [2.75, 3.05) is 11.9 Å². The van der Waals surface area contributed by atoms with Gasteiger partial charge >= 0.3 is 6.03 Å². The zero-order chi connectivity index (χ0) is 16.2. The van der Waals surface area contributed by atoms with Crippen LogP contribution >= 0.6 is 0 Å². The maximum atomic E-state index is 12.5. The molecular formula is C16H22N4O2. The molecule has 0 fully saturated rings. The molecular weight excluding hydrogens is 280 g/mol. The van der Waals surface area contributed by atoms with E-state index in [4.69, 9.17) is 0 Å². The summed E-state index contributed by atoms with van der Waals surface area (Å²) in [6, 6.07) is 9.43. The van der Waals surface area contributed by atoms with Gasteiger partial charge in [-0.2, -0.15) is 5.10 Å². The molecule has 0 unspecified atom stereocenters. The third kappa shape index (κ3) is 4.89. The van der Waals surface area contributed by atoms with E-state index >= 15 is 0 Å². The molecule has 0 spiro atoms. The summed E-state index contributed by atoms with van der Waals surface area (Å²) < 4.78 is 1.62. The van der Waals surface area contributed by atoms with Crippen LogP contribution in [0.1, 0.15) is 19.4 Å². The highest BCUT2D eigenvalue weighted by atomic mass is 16.3. The molecule has 0 aliphatic rings. The van der Waals surface area contributed by atoms with Crippen LogP contribution in [-0.2, 0) is 13.6 Å². The van der Waals surface area contributed by atoms with Crippen LogP contribution in [0.5, 0.6) is 0 Å². The number of benzene rings is 1. The van der Waals surface area contributed by atoms with Gasteiger partial charge in [-0.3, -0.25) is 4.68 Å². The maximum absolute atomic E-state index is 12.5. The molecule has 2 N–H and O–H groups in total. The molecule has 0 atom stereocenters. The third-order valence-corrected chi connectivity index (χ3v) is 3.04. The molecule has 6 nitrogen and oxygen atoms in total. The largest absolute Gasteiger partial charge is 0.389 e. The van der Waals surface area contributed by atoms with Gasteiger partial charge in [0.15, 0.2) is 0 Å². The lowest BCUT2D eigenvalue weighted by Gasteiger charge is -2.29. The summed E-state index contributed by atoms with van der Waals surface area (Å²) in [5.41, 5.74) is 0.663. The molecule has 2 aromatic rings. The Hall–Kier alpha value is -2.34.